The quantitative estimate of drug-likeness (QED) is 0.377. The molecule has 2 heterocycles. The first-order valence-electron chi connectivity index (χ1n) is 11.5. The number of para-hydroxylation sites is 1. The molecule has 0 fully saturated rings. The van der Waals surface area contributed by atoms with E-state index in [1.165, 1.54) is 22.3 Å². The third-order valence-corrected chi connectivity index (χ3v) is 5.98. The van der Waals surface area contributed by atoms with Gasteiger partial charge in [-0.05, 0) is 41.8 Å². The fourth-order valence-electron chi connectivity index (χ4n) is 4.20. The predicted octanol–water partition coefficient (Wildman–Crippen LogP) is 3.52. The minimum absolute atomic E-state index is 0.0679. The van der Waals surface area contributed by atoms with Crippen LogP contribution in [-0.2, 0) is 24.2 Å². The van der Waals surface area contributed by atoms with Gasteiger partial charge in [0.15, 0.2) is 0 Å². The number of carbonyl (C=O) groups excluding carboxylic acids is 1. The van der Waals surface area contributed by atoms with Crippen molar-refractivity contribution in [3.05, 3.63) is 112 Å². The Hall–Kier alpha value is -4.33. The van der Waals surface area contributed by atoms with E-state index in [1.807, 2.05) is 52.9 Å². The van der Waals surface area contributed by atoms with Crippen LogP contribution < -0.4 is 10.9 Å². The van der Waals surface area contributed by atoms with Crippen molar-refractivity contribution in [2.24, 2.45) is 0 Å². The summed E-state index contributed by atoms with van der Waals surface area (Å²) in [4.78, 5) is 25.7. The number of carbonyl (C=O) groups is 1. The number of nitrogens with one attached hydrogen (secondary N) is 1. The number of amides is 1. The van der Waals surface area contributed by atoms with Crippen LogP contribution in [-0.4, -0.2) is 31.6 Å². The highest BCUT2D eigenvalue weighted by Gasteiger charge is 2.17. The van der Waals surface area contributed by atoms with Crippen LogP contribution in [0.3, 0.4) is 0 Å². The molecule has 0 aliphatic carbocycles. The minimum atomic E-state index is -0.337. The molecule has 35 heavy (non-hydrogen) atoms. The summed E-state index contributed by atoms with van der Waals surface area (Å²) in [6.45, 7) is 0.787. The van der Waals surface area contributed by atoms with Crippen molar-refractivity contribution < 1.29 is 9.18 Å². The monoisotopic (exact) mass is 469 g/mol. The SMILES string of the molecule is O=C(CCc1nnc2n(Cc3ccc(F)cc3)c(=O)c3ccccc3n12)NCCc1ccccc1. The Bertz CT molecular complexity index is 1540. The summed E-state index contributed by atoms with van der Waals surface area (Å²) >= 11 is 0. The second-order valence-electron chi connectivity index (χ2n) is 8.37. The van der Waals surface area contributed by atoms with Crippen molar-refractivity contribution in [3.63, 3.8) is 0 Å². The number of aryl methyl sites for hydroxylation is 1. The van der Waals surface area contributed by atoms with E-state index in [-0.39, 0.29) is 30.2 Å². The Balaban J connectivity index is 1.39. The maximum absolute atomic E-state index is 13.4. The average molecular weight is 470 g/mol. The van der Waals surface area contributed by atoms with Crippen molar-refractivity contribution in [1.82, 2.24) is 24.5 Å². The van der Waals surface area contributed by atoms with Gasteiger partial charge in [-0.2, -0.15) is 0 Å². The van der Waals surface area contributed by atoms with Crippen LogP contribution in [0.2, 0.25) is 0 Å². The third kappa shape index (κ3) is 4.82. The van der Waals surface area contributed by atoms with Crippen molar-refractivity contribution in [2.75, 3.05) is 6.54 Å². The van der Waals surface area contributed by atoms with E-state index in [2.05, 4.69) is 15.5 Å². The first-order valence-corrected chi connectivity index (χ1v) is 11.5. The molecule has 8 heteroatoms. The molecule has 176 valence electrons. The zero-order valence-corrected chi connectivity index (χ0v) is 19.0. The van der Waals surface area contributed by atoms with Crippen LogP contribution in [0.25, 0.3) is 16.7 Å². The van der Waals surface area contributed by atoms with Gasteiger partial charge in [-0.15, -0.1) is 10.2 Å². The summed E-state index contributed by atoms with van der Waals surface area (Å²) in [6, 6.07) is 23.3. The number of aromatic nitrogens is 4. The molecule has 0 radical (unpaired) electrons. The molecule has 0 spiro atoms. The highest BCUT2D eigenvalue weighted by molar-refractivity contribution is 5.80. The summed E-state index contributed by atoms with van der Waals surface area (Å²) in [5.41, 5.74) is 2.43. The lowest BCUT2D eigenvalue weighted by Gasteiger charge is -2.12. The predicted molar refractivity (Wildman–Crippen MR) is 132 cm³/mol. The summed E-state index contributed by atoms with van der Waals surface area (Å²) in [6.07, 6.45) is 1.39. The fraction of sp³-hybridized carbons (Fsp3) is 0.185. The van der Waals surface area contributed by atoms with Gasteiger partial charge in [-0.25, -0.2) is 4.39 Å². The van der Waals surface area contributed by atoms with Gasteiger partial charge in [0.1, 0.15) is 11.6 Å². The third-order valence-electron chi connectivity index (χ3n) is 5.98. The highest BCUT2D eigenvalue weighted by atomic mass is 19.1. The molecule has 5 rings (SSSR count). The fourth-order valence-corrected chi connectivity index (χ4v) is 4.20. The Morgan fingerprint density at radius 1 is 0.857 bits per heavy atom. The van der Waals surface area contributed by atoms with Gasteiger partial charge in [-0.3, -0.25) is 18.6 Å². The zero-order valence-electron chi connectivity index (χ0n) is 19.0. The molecule has 0 aliphatic rings. The summed E-state index contributed by atoms with van der Waals surface area (Å²) in [7, 11) is 0. The van der Waals surface area contributed by atoms with Crippen molar-refractivity contribution in [2.45, 2.75) is 25.8 Å². The van der Waals surface area contributed by atoms with Crippen molar-refractivity contribution >= 4 is 22.6 Å². The molecule has 2 aromatic heterocycles. The number of nitrogens with zero attached hydrogens (tertiary/aromatic N) is 4. The molecule has 0 unspecified atom stereocenters. The lowest BCUT2D eigenvalue weighted by molar-refractivity contribution is -0.121. The number of hydrogen-bond donors (Lipinski definition) is 1. The Morgan fingerprint density at radius 3 is 2.40 bits per heavy atom. The highest BCUT2D eigenvalue weighted by Crippen LogP contribution is 2.17. The van der Waals surface area contributed by atoms with E-state index in [4.69, 9.17) is 0 Å². The van der Waals surface area contributed by atoms with E-state index in [1.54, 1.807) is 18.2 Å². The van der Waals surface area contributed by atoms with Crippen LogP contribution in [0.5, 0.6) is 0 Å². The number of hydrogen-bond acceptors (Lipinski definition) is 4. The van der Waals surface area contributed by atoms with Gasteiger partial charge in [0.05, 0.1) is 17.4 Å². The molecule has 0 bridgehead atoms. The smallest absolute Gasteiger partial charge is 0.263 e. The molecular formula is C27H24FN5O2. The van der Waals surface area contributed by atoms with Crippen LogP contribution >= 0.6 is 0 Å². The Labute approximate surface area is 200 Å². The second kappa shape index (κ2) is 9.89. The number of halogens is 1. The van der Waals surface area contributed by atoms with Crippen LogP contribution in [0.1, 0.15) is 23.4 Å². The van der Waals surface area contributed by atoms with Gasteiger partial charge >= 0.3 is 0 Å². The van der Waals surface area contributed by atoms with E-state index < -0.39 is 0 Å². The standard InChI is InChI=1S/C27H24FN5O2/c28-21-12-10-20(11-13-21)18-32-26(35)22-8-4-5-9-23(22)33-24(30-31-27(32)33)14-15-25(34)29-17-16-19-6-2-1-3-7-19/h1-13H,14-18H2,(H,29,34). The maximum atomic E-state index is 13.4. The van der Waals surface area contributed by atoms with Gasteiger partial charge in [-0.1, -0.05) is 54.6 Å². The van der Waals surface area contributed by atoms with Crippen molar-refractivity contribution in [3.8, 4) is 0 Å². The molecule has 1 amide bonds. The first-order chi connectivity index (χ1) is 17.1. The summed E-state index contributed by atoms with van der Waals surface area (Å²) in [5, 5.41) is 12.1. The minimum Gasteiger partial charge on any atom is -0.356 e. The van der Waals surface area contributed by atoms with E-state index in [9.17, 15) is 14.0 Å². The van der Waals surface area contributed by atoms with Gasteiger partial charge < -0.3 is 5.32 Å². The average Bonchev–Trinajstić information content (AvgIpc) is 3.31. The summed E-state index contributed by atoms with van der Waals surface area (Å²) < 4.78 is 16.7. The molecule has 0 saturated carbocycles. The molecule has 1 N–H and O–H groups in total. The summed E-state index contributed by atoms with van der Waals surface area (Å²) in [5.74, 6) is 0.581. The van der Waals surface area contributed by atoms with Gasteiger partial charge in [0, 0.05) is 19.4 Å². The molecule has 0 saturated heterocycles. The van der Waals surface area contributed by atoms with Crippen molar-refractivity contribution in [1.29, 1.82) is 0 Å². The normalized spacial score (nSPS) is 11.2. The van der Waals surface area contributed by atoms with Gasteiger partial charge in [0.2, 0.25) is 11.7 Å². The molecule has 3 aromatic carbocycles. The maximum Gasteiger partial charge on any atom is 0.263 e. The second-order valence-corrected chi connectivity index (χ2v) is 8.37. The zero-order chi connectivity index (χ0) is 24.2. The van der Waals surface area contributed by atoms with E-state index >= 15 is 0 Å². The largest absolute Gasteiger partial charge is 0.356 e. The van der Waals surface area contributed by atoms with Crippen LogP contribution in [0.15, 0.2) is 83.7 Å². The van der Waals surface area contributed by atoms with E-state index in [0.29, 0.717) is 35.5 Å². The molecule has 0 aliphatic heterocycles. The molecule has 7 nitrogen and oxygen atoms in total. The van der Waals surface area contributed by atoms with Crippen LogP contribution in [0, 0.1) is 5.82 Å². The first kappa shape index (κ1) is 22.5. The molecule has 5 aromatic rings. The van der Waals surface area contributed by atoms with E-state index in [0.717, 1.165) is 12.0 Å². The molecule has 0 atom stereocenters. The van der Waals surface area contributed by atoms with Gasteiger partial charge in [0.25, 0.3) is 5.56 Å². The Morgan fingerprint density at radius 2 is 1.60 bits per heavy atom. The number of benzene rings is 3. The lowest BCUT2D eigenvalue weighted by Crippen LogP contribution is -2.26. The molecular weight excluding hydrogens is 445 g/mol. The lowest BCUT2D eigenvalue weighted by atomic mass is 10.1. The topological polar surface area (TPSA) is 81.3 Å². The van der Waals surface area contributed by atoms with Crippen LogP contribution in [0.4, 0.5) is 4.39 Å². The number of rotatable bonds is 8. The Kier molecular flexibility index (Phi) is 6.34. The number of fused-ring (bicyclic) bond motifs is 3.